The van der Waals surface area contributed by atoms with E-state index in [1.54, 1.807) is 16.8 Å². The molecule has 8 heteroatoms. The number of hydrogen-bond donors (Lipinski definition) is 1. The molecule has 132 valence electrons. The van der Waals surface area contributed by atoms with Crippen LogP contribution in [0.3, 0.4) is 0 Å². The monoisotopic (exact) mass is 345 g/mol. The van der Waals surface area contributed by atoms with Crippen LogP contribution in [-0.2, 0) is 16.2 Å². The maximum atomic E-state index is 13.0. The minimum atomic E-state index is -0.696. The lowest BCUT2D eigenvalue weighted by Crippen LogP contribution is -2.40. The highest BCUT2D eigenvalue weighted by molar-refractivity contribution is 6.05. The number of halogens is 1. The van der Waals surface area contributed by atoms with Crippen molar-refractivity contribution >= 4 is 11.6 Å². The summed E-state index contributed by atoms with van der Waals surface area (Å²) < 4.78 is 14.8. The van der Waals surface area contributed by atoms with E-state index >= 15 is 0 Å². The van der Waals surface area contributed by atoms with Gasteiger partial charge in [0.15, 0.2) is 0 Å². The van der Waals surface area contributed by atoms with E-state index in [0.29, 0.717) is 24.6 Å². The minimum Gasteiger partial charge on any atom is -0.381 e. The topological polar surface area (TPSA) is 81.4 Å². The van der Waals surface area contributed by atoms with Crippen LogP contribution in [0.2, 0.25) is 0 Å². The van der Waals surface area contributed by atoms with Gasteiger partial charge in [0.2, 0.25) is 6.10 Å². The molecule has 1 amide bonds. The number of nitrogens with zero attached hydrogens (tertiary/aromatic N) is 4. The molecule has 0 aliphatic carbocycles. The number of aryl methyl sites for hydroxylation is 2. The number of hydrogen-bond acceptors (Lipinski definition) is 5. The molecule has 7 nitrogen and oxygen atoms in total. The largest absolute Gasteiger partial charge is 0.381 e. The van der Waals surface area contributed by atoms with E-state index in [0.717, 1.165) is 11.4 Å². The van der Waals surface area contributed by atoms with Crippen molar-refractivity contribution in [1.82, 2.24) is 20.1 Å². The normalized spacial score (nSPS) is 19.4. The second-order valence-corrected chi connectivity index (χ2v) is 6.02. The van der Waals surface area contributed by atoms with Crippen LogP contribution in [0.15, 0.2) is 29.4 Å². The van der Waals surface area contributed by atoms with Crippen LogP contribution < -0.4 is 5.32 Å². The highest BCUT2D eigenvalue weighted by atomic mass is 19.1. The first-order chi connectivity index (χ1) is 12.0. The Morgan fingerprint density at radius 2 is 2.04 bits per heavy atom. The lowest BCUT2D eigenvalue weighted by atomic mass is 9.94. The van der Waals surface area contributed by atoms with E-state index in [1.165, 1.54) is 12.1 Å². The summed E-state index contributed by atoms with van der Waals surface area (Å²) in [5.74, 6) is 0.737. The molecule has 0 unspecified atom stereocenters. The van der Waals surface area contributed by atoms with Crippen LogP contribution in [0.4, 0.5) is 4.39 Å². The van der Waals surface area contributed by atoms with Crippen molar-refractivity contribution < 1.29 is 14.0 Å². The fourth-order valence-corrected chi connectivity index (χ4v) is 2.80. The maximum Gasteiger partial charge on any atom is 0.264 e. The van der Waals surface area contributed by atoms with Crippen molar-refractivity contribution in [2.45, 2.75) is 33.4 Å². The van der Waals surface area contributed by atoms with Gasteiger partial charge in [-0.15, -0.1) is 0 Å². The van der Waals surface area contributed by atoms with Gasteiger partial charge in [-0.1, -0.05) is 24.2 Å². The van der Waals surface area contributed by atoms with Gasteiger partial charge in [-0.2, -0.15) is 5.10 Å². The Balaban J connectivity index is 1.55. The number of aromatic nitrogens is 3. The van der Waals surface area contributed by atoms with Crippen molar-refractivity contribution in [2.24, 2.45) is 11.1 Å². The standard InChI is InChI=1S/C17H20FN5O2/c1-10-15(13-4-6-14(18)7-5-13)22-25-16(10)17(24)19-8-9-23-12(3)20-11(2)21-23/h4-7,10,16H,8-9H2,1-3H3,(H,19,24)/t10-,16+/m0/s1. The second kappa shape index (κ2) is 7.00. The van der Waals surface area contributed by atoms with Crippen molar-refractivity contribution in [3.63, 3.8) is 0 Å². The van der Waals surface area contributed by atoms with Crippen LogP contribution in [0.5, 0.6) is 0 Å². The maximum absolute atomic E-state index is 13.0. The summed E-state index contributed by atoms with van der Waals surface area (Å²) in [6.07, 6.45) is -0.696. The average Bonchev–Trinajstić information content (AvgIpc) is 3.10. The van der Waals surface area contributed by atoms with Crippen molar-refractivity contribution in [3.8, 4) is 0 Å². The van der Waals surface area contributed by atoms with Gasteiger partial charge in [0.1, 0.15) is 17.5 Å². The summed E-state index contributed by atoms with van der Waals surface area (Å²) >= 11 is 0. The predicted octanol–water partition coefficient (Wildman–Crippen LogP) is 1.59. The number of nitrogens with one attached hydrogen (secondary N) is 1. The van der Waals surface area contributed by atoms with Gasteiger partial charge >= 0.3 is 0 Å². The molecule has 0 saturated heterocycles. The summed E-state index contributed by atoms with van der Waals surface area (Å²) in [7, 11) is 0. The third-order valence-electron chi connectivity index (χ3n) is 4.13. The molecule has 2 heterocycles. The summed E-state index contributed by atoms with van der Waals surface area (Å²) in [5, 5.41) is 11.1. The first kappa shape index (κ1) is 17.1. The molecule has 0 saturated carbocycles. The Morgan fingerprint density at radius 3 is 2.68 bits per heavy atom. The van der Waals surface area contributed by atoms with Crippen LogP contribution in [-0.4, -0.2) is 39.0 Å². The summed E-state index contributed by atoms with van der Waals surface area (Å²) in [6, 6.07) is 5.98. The molecule has 25 heavy (non-hydrogen) atoms. The molecule has 0 fully saturated rings. The molecule has 0 bridgehead atoms. The highest BCUT2D eigenvalue weighted by Gasteiger charge is 2.36. The van der Waals surface area contributed by atoms with Gasteiger partial charge in [-0.25, -0.2) is 14.1 Å². The second-order valence-electron chi connectivity index (χ2n) is 6.02. The minimum absolute atomic E-state index is 0.221. The Bertz CT molecular complexity index is 800. The van der Waals surface area contributed by atoms with E-state index in [-0.39, 0.29) is 17.6 Å². The Labute approximate surface area is 144 Å². The Kier molecular flexibility index (Phi) is 4.78. The summed E-state index contributed by atoms with van der Waals surface area (Å²) in [5.41, 5.74) is 1.39. The highest BCUT2D eigenvalue weighted by Crippen LogP contribution is 2.23. The Hall–Kier alpha value is -2.77. The van der Waals surface area contributed by atoms with Crippen LogP contribution in [0.1, 0.15) is 24.1 Å². The zero-order valence-electron chi connectivity index (χ0n) is 14.4. The van der Waals surface area contributed by atoms with E-state index in [1.807, 2.05) is 20.8 Å². The fraction of sp³-hybridized carbons (Fsp3) is 0.412. The first-order valence-corrected chi connectivity index (χ1v) is 8.11. The fourth-order valence-electron chi connectivity index (χ4n) is 2.80. The molecule has 2 atom stereocenters. The zero-order valence-corrected chi connectivity index (χ0v) is 14.4. The van der Waals surface area contributed by atoms with Crippen LogP contribution in [0, 0.1) is 25.6 Å². The third-order valence-corrected chi connectivity index (χ3v) is 4.13. The molecule has 1 aliphatic heterocycles. The molecule has 1 aromatic heterocycles. The van der Waals surface area contributed by atoms with Crippen molar-refractivity contribution in [3.05, 3.63) is 47.3 Å². The smallest absolute Gasteiger partial charge is 0.264 e. The van der Waals surface area contributed by atoms with Gasteiger partial charge in [-0.05, 0) is 31.5 Å². The van der Waals surface area contributed by atoms with Gasteiger partial charge in [0.25, 0.3) is 5.91 Å². The van der Waals surface area contributed by atoms with Gasteiger partial charge in [-0.3, -0.25) is 4.79 Å². The van der Waals surface area contributed by atoms with Crippen LogP contribution >= 0.6 is 0 Å². The van der Waals surface area contributed by atoms with Gasteiger partial charge in [0, 0.05) is 6.54 Å². The van der Waals surface area contributed by atoms with Crippen molar-refractivity contribution in [2.75, 3.05) is 6.54 Å². The number of benzene rings is 1. The molecule has 1 aromatic carbocycles. The molecular weight excluding hydrogens is 325 g/mol. The first-order valence-electron chi connectivity index (χ1n) is 8.11. The lowest BCUT2D eigenvalue weighted by Gasteiger charge is -2.14. The SMILES string of the molecule is Cc1nc(C)n(CCNC(=O)[C@@H]2ON=C(c3ccc(F)cc3)[C@@H]2C)n1. The predicted molar refractivity (Wildman–Crippen MR) is 89.5 cm³/mol. The summed E-state index contributed by atoms with van der Waals surface area (Å²) in [6.45, 7) is 6.51. The van der Waals surface area contributed by atoms with E-state index in [9.17, 15) is 9.18 Å². The van der Waals surface area contributed by atoms with Crippen LogP contribution in [0.25, 0.3) is 0 Å². The molecule has 0 spiro atoms. The number of carbonyl (C=O) groups is 1. The quantitative estimate of drug-likeness (QED) is 0.892. The molecule has 1 aliphatic rings. The summed E-state index contributed by atoms with van der Waals surface area (Å²) in [4.78, 5) is 21.9. The number of carbonyl (C=O) groups excluding carboxylic acids is 1. The number of rotatable bonds is 5. The third kappa shape index (κ3) is 3.67. The van der Waals surface area contributed by atoms with Gasteiger partial charge < -0.3 is 10.2 Å². The van der Waals surface area contributed by atoms with E-state index in [4.69, 9.17) is 4.84 Å². The molecular formula is C17H20FN5O2. The Morgan fingerprint density at radius 1 is 1.32 bits per heavy atom. The van der Waals surface area contributed by atoms with E-state index in [2.05, 4.69) is 20.6 Å². The lowest BCUT2D eigenvalue weighted by molar-refractivity contribution is -0.132. The van der Waals surface area contributed by atoms with E-state index < -0.39 is 6.10 Å². The molecule has 3 rings (SSSR count). The average molecular weight is 345 g/mol. The molecule has 2 aromatic rings. The van der Waals surface area contributed by atoms with Crippen molar-refractivity contribution in [1.29, 1.82) is 0 Å². The molecule has 0 radical (unpaired) electrons. The number of oxime groups is 1. The molecule has 1 N–H and O–H groups in total. The number of amides is 1. The zero-order chi connectivity index (χ0) is 18.0. The van der Waals surface area contributed by atoms with Gasteiger partial charge in [0.05, 0.1) is 18.2 Å².